The van der Waals surface area contributed by atoms with Crippen LogP contribution in [0.5, 0.6) is 0 Å². The first-order valence-corrected chi connectivity index (χ1v) is 13.1. The number of nitrogens with zero attached hydrogens (tertiary/aromatic N) is 3. The van der Waals surface area contributed by atoms with Crippen LogP contribution in [0.4, 0.5) is 11.4 Å². The molecule has 3 heterocycles. The zero-order valence-corrected chi connectivity index (χ0v) is 22.2. The van der Waals surface area contributed by atoms with Crippen LogP contribution in [0.1, 0.15) is 17.0 Å². The van der Waals surface area contributed by atoms with Gasteiger partial charge in [-0.15, -0.1) is 0 Å². The molecule has 2 aliphatic heterocycles. The summed E-state index contributed by atoms with van der Waals surface area (Å²) in [6.45, 7) is 7.47. The molecule has 0 bridgehead atoms. The van der Waals surface area contributed by atoms with E-state index in [2.05, 4.69) is 63.5 Å². The van der Waals surface area contributed by atoms with Crippen LogP contribution < -0.4 is 9.80 Å². The quantitative estimate of drug-likeness (QED) is 0.288. The molecule has 5 rings (SSSR count). The molecule has 0 spiro atoms. The summed E-state index contributed by atoms with van der Waals surface area (Å²) in [6.07, 6.45) is 1.96. The Kier molecular flexibility index (Phi) is 6.66. The maximum Gasteiger partial charge on any atom is 0.270 e. The van der Waals surface area contributed by atoms with E-state index in [0.29, 0.717) is 9.23 Å². The van der Waals surface area contributed by atoms with Gasteiger partial charge in [0.2, 0.25) is 0 Å². The van der Waals surface area contributed by atoms with Crippen molar-refractivity contribution in [3.63, 3.8) is 0 Å². The number of para-hydroxylation sites is 1. The van der Waals surface area contributed by atoms with Gasteiger partial charge in [0.1, 0.15) is 0 Å². The lowest BCUT2D eigenvalue weighted by atomic mass is 10.2. The van der Waals surface area contributed by atoms with Gasteiger partial charge in [-0.25, -0.2) is 0 Å². The predicted molar refractivity (Wildman–Crippen MR) is 148 cm³/mol. The molecular weight excluding hydrogens is 530 g/mol. The van der Waals surface area contributed by atoms with E-state index in [-0.39, 0.29) is 5.91 Å². The van der Waals surface area contributed by atoms with E-state index in [1.165, 1.54) is 17.4 Å². The number of hydrogen-bond acceptors (Lipinski definition) is 5. The highest BCUT2D eigenvalue weighted by Crippen LogP contribution is 2.37. The maximum atomic E-state index is 13.1. The number of carbonyl (C=O) groups excluding carboxylic acids is 1. The van der Waals surface area contributed by atoms with E-state index in [1.807, 2.05) is 36.4 Å². The van der Waals surface area contributed by atoms with Crippen molar-refractivity contribution in [3.05, 3.63) is 80.9 Å². The summed E-state index contributed by atoms with van der Waals surface area (Å²) in [4.78, 5) is 17.7. The number of thioether (sulfide) groups is 1. The second kappa shape index (κ2) is 9.70. The molecule has 174 valence electrons. The molecule has 2 aromatic carbocycles. The van der Waals surface area contributed by atoms with Gasteiger partial charge in [-0.1, -0.05) is 42.2 Å². The van der Waals surface area contributed by atoms with E-state index >= 15 is 0 Å². The Hall–Kier alpha value is -2.39. The van der Waals surface area contributed by atoms with Crippen molar-refractivity contribution in [2.24, 2.45) is 0 Å². The Bertz CT molecular complexity index is 1300. The van der Waals surface area contributed by atoms with Gasteiger partial charge in [-0.3, -0.25) is 9.69 Å². The molecule has 8 heteroatoms. The van der Waals surface area contributed by atoms with Gasteiger partial charge < -0.3 is 14.2 Å². The van der Waals surface area contributed by atoms with Crippen LogP contribution in [0.3, 0.4) is 0 Å². The fourth-order valence-corrected chi connectivity index (χ4v) is 6.34. The zero-order chi connectivity index (χ0) is 23.8. The van der Waals surface area contributed by atoms with Gasteiger partial charge >= 0.3 is 0 Å². The normalized spacial score (nSPS) is 17.8. The molecule has 1 aromatic heterocycles. The van der Waals surface area contributed by atoms with E-state index in [9.17, 15) is 4.79 Å². The number of aromatic nitrogens is 1. The van der Waals surface area contributed by atoms with Crippen LogP contribution in [-0.2, 0) is 9.53 Å². The van der Waals surface area contributed by atoms with Crippen molar-refractivity contribution in [2.75, 3.05) is 36.1 Å². The molecule has 34 heavy (non-hydrogen) atoms. The molecule has 0 aliphatic carbocycles. The highest BCUT2D eigenvalue weighted by Gasteiger charge is 2.33. The number of hydrogen-bond donors (Lipinski definition) is 0. The van der Waals surface area contributed by atoms with Gasteiger partial charge in [0.05, 0.1) is 29.5 Å². The van der Waals surface area contributed by atoms with Gasteiger partial charge in [-0.05, 0) is 77.8 Å². The lowest BCUT2D eigenvalue weighted by molar-refractivity contribution is -0.113. The van der Waals surface area contributed by atoms with Crippen LogP contribution in [0.2, 0.25) is 0 Å². The summed E-state index contributed by atoms with van der Waals surface area (Å²) in [5, 5.41) is 0. The topological polar surface area (TPSA) is 37.7 Å². The minimum Gasteiger partial charge on any atom is -0.378 e. The molecule has 0 atom stereocenters. The van der Waals surface area contributed by atoms with Crippen LogP contribution in [0.15, 0.2) is 64.0 Å². The Labute approximate surface area is 217 Å². The lowest BCUT2D eigenvalue weighted by Crippen LogP contribution is -2.36. The number of rotatable bonds is 4. The Morgan fingerprint density at radius 3 is 2.47 bits per heavy atom. The average molecular weight is 555 g/mol. The van der Waals surface area contributed by atoms with Crippen LogP contribution in [0.25, 0.3) is 11.8 Å². The molecule has 0 N–H and O–H groups in total. The Morgan fingerprint density at radius 2 is 1.76 bits per heavy atom. The van der Waals surface area contributed by atoms with Gasteiger partial charge in [-0.2, -0.15) is 0 Å². The Balaban J connectivity index is 1.45. The number of carbonyl (C=O) groups is 1. The number of thiocarbonyl (C=S) groups is 1. The monoisotopic (exact) mass is 553 g/mol. The summed E-state index contributed by atoms with van der Waals surface area (Å²) in [7, 11) is 0. The fraction of sp³-hybridized carbons (Fsp3) is 0.231. The highest BCUT2D eigenvalue weighted by molar-refractivity contribution is 9.10. The predicted octanol–water partition coefficient (Wildman–Crippen LogP) is 6.10. The first-order valence-electron chi connectivity index (χ1n) is 11.1. The minimum absolute atomic E-state index is 0.0800. The van der Waals surface area contributed by atoms with Crippen LogP contribution in [0, 0.1) is 13.8 Å². The molecule has 3 aromatic rings. The van der Waals surface area contributed by atoms with Gasteiger partial charge in [0.25, 0.3) is 5.91 Å². The van der Waals surface area contributed by atoms with E-state index < -0.39 is 0 Å². The van der Waals surface area contributed by atoms with E-state index in [1.54, 1.807) is 4.90 Å². The van der Waals surface area contributed by atoms with Crippen molar-refractivity contribution in [1.82, 2.24) is 4.57 Å². The van der Waals surface area contributed by atoms with Gasteiger partial charge in [0.15, 0.2) is 4.32 Å². The third-order valence-electron chi connectivity index (χ3n) is 6.11. The van der Waals surface area contributed by atoms with Crippen molar-refractivity contribution in [3.8, 4) is 5.69 Å². The summed E-state index contributed by atoms with van der Waals surface area (Å²) in [6, 6.07) is 18.1. The third-order valence-corrected chi connectivity index (χ3v) is 8.04. The molecule has 0 radical (unpaired) electrons. The molecule has 2 fully saturated rings. The maximum absolute atomic E-state index is 13.1. The largest absolute Gasteiger partial charge is 0.378 e. The molecule has 2 aliphatic rings. The Morgan fingerprint density at radius 1 is 1.03 bits per heavy atom. The number of benzene rings is 2. The second-order valence-corrected chi connectivity index (χ2v) is 10.8. The SMILES string of the molecule is Cc1cc(/C=C2\SC(=S)N(c3ccccc3)C2=O)c(C)n1-c1ccc(N2CCOCC2)c(Br)c1. The zero-order valence-electron chi connectivity index (χ0n) is 19.0. The van der Waals surface area contributed by atoms with Crippen molar-refractivity contribution in [1.29, 1.82) is 0 Å². The number of aryl methyl sites for hydroxylation is 1. The number of anilines is 2. The summed E-state index contributed by atoms with van der Waals surface area (Å²) >= 11 is 10.6. The first kappa shape index (κ1) is 23.4. The van der Waals surface area contributed by atoms with Gasteiger partial charge in [0, 0.05) is 34.6 Å². The number of ether oxygens (including phenoxy) is 1. The van der Waals surface area contributed by atoms with E-state index in [4.69, 9.17) is 17.0 Å². The van der Waals surface area contributed by atoms with Crippen LogP contribution >= 0.6 is 39.9 Å². The molecule has 0 saturated carbocycles. The molecule has 2 saturated heterocycles. The summed E-state index contributed by atoms with van der Waals surface area (Å²) < 4.78 is 9.32. The third kappa shape index (κ3) is 4.35. The molecule has 5 nitrogen and oxygen atoms in total. The lowest BCUT2D eigenvalue weighted by Gasteiger charge is -2.30. The summed E-state index contributed by atoms with van der Waals surface area (Å²) in [5.74, 6) is -0.0800. The fourth-order valence-electron chi connectivity index (χ4n) is 4.44. The highest BCUT2D eigenvalue weighted by atomic mass is 79.9. The number of amides is 1. The molecular formula is C26H24BrN3O2S2. The van der Waals surface area contributed by atoms with Crippen molar-refractivity contribution >= 4 is 67.6 Å². The van der Waals surface area contributed by atoms with Crippen LogP contribution in [-0.4, -0.2) is 41.1 Å². The van der Waals surface area contributed by atoms with E-state index in [0.717, 1.165) is 59.1 Å². The molecule has 1 amide bonds. The smallest absolute Gasteiger partial charge is 0.270 e. The average Bonchev–Trinajstić information content (AvgIpc) is 3.28. The van der Waals surface area contributed by atoms with Crippen molar-refractivity contribution < 1.29 is 9.53 Å². The standard InChI is InChI=1S/C26H24BrN3O2S2/c1-17-14-19(15-24-25(31)30(26(33)34-24)20-6-4-3-5-7-20)18(2)29(17)21-8-9-23(22(27)16-21)28-10-12-32-13-11-28/h3-9,14-16H,10-13H2,1-2H3/b24-15-. The minimum atomic E-state index is -0.0800. The second-order valence-electron chi connectivity index (χ2n) is 8.25. The first-order chi connectivity index (χ1) is 16.4. The van der Waals surface area contributed by atoms with Crippen molar-refractivity contribution in [2.45, 2.75) is 13.8 Å². The molecule has 0 unspecified atom stereocenters. The number of morpholine rings is 1. The summed E-state index contributed by atoms with van der Waals surface area (Å²) in [5.41, 5.74) is 6.25. The number of halogens is 1.